The Balaban J connectivity index is 2.21. The zero-order valence-electron chi connectivity index (χ0n) is 21.5. The monoisotopic (exact) mass is 486 g/mol. The fourth-order valence-electron chi connectivity index (χ4n) is 3.27. The van der Waals surface area contributed by atoms with Gasteiger partial charge in [-0.05, 0) is 66.8 Å². The van der Waals surface area contributed by atoms with E-state index in [1.165, 1.54) is 0 Å². The van der Waals surface area contributed by atoms with Crippen molar-refractivity contribution in [3.05, 3.63) is 88.7 Å². The molecule has 2 aromatic carbocycles. The third-order valence-electron chi connectivity index (χ3n) is 5.23. The highest BCUT2D eigenvalue weighted by atomic mass is 16.4. The second-order valence-electron chi connectivity index (χ2n) is 9.61. The summed E-state index contributed by atoms with van der Waals surface area (Å²) in [6.07, 6.45) is 3.38. The Morgan fingerprint density at radius 2 is 1.83 bits per heavy atom. The van der Waals surface area contributed by atoms with E-state index < -0.39 is 5.97 Å². The Kier molecular flexibility index (Phi) is 10.4. The highest BCUT2D eigenvalue weighted by molar-refractivity contribution is 5.99. The predicted molar refractivity (Wildman–Crippen MR) is 142 cm³/mol. The first-order chi connectivity index (χ1) is 17.0. The number of aliphatic carboxylic acids is 1. The van der Waals surface area contributed by atoms with Crippen molar-refractivity contribution < 1.29 is 14.7 Å². The van der Waals surface area contributed by atoms with E-state index in [0.717, 1.165) is 16.8 Å². The van der Waals surface area contributed by atoms with Crippen LogP contribution in [0.3, 0.4) is 0 Å². The molecule has 0 saturated heterocycles. The summed E-state index contributed by atoms with van der Waals surface area (Å²) >= 11 is 0. The number of carbonyl (C=O) groups is 2. The summed E-state index contributed by atoms with van der Waals surface area (Å²) in [5, 5.41) is 24.0. The highest BCUT2D eigenvalue weighted by Crippen LogP contribution is 2.17. The number of carboxylic acids is 1. The van der Waals surface area contributed by atoms with E-state index in [1.807, 2.05) is 56.3 Å². The van der Waals surface area contributed by atoms with E-state index in [0.29, 0.717) is 11.1 Å². The molecule has 2 rings (SSSR count). The first-order valence-corrected chi connectivity index (χ1v) is 11.8. The number of hydrogen-bond donors (Lipinski definition) is 3. The fourth-order valence-corrected chi connectivity index (χ4v) is 3.27. The van der Waals surface area contributed by atoms with Crippen molar-refractivity contribution in [2.24, 2.45) is 10.4 Å². The minimum absolute atomic E-state index is 0.0204. The van der Waals surface area contributed by atoms with Gasteiger partial charge in [0.25, 0.3) is 5.91 Å². The van der Waals surface area contributed by atoms with E-state index in [9.17, 15) is 14.9 Å². The molecule has 0 radical (unpaired) electrons. The molecule has 0 heterocycles. The molecule has 0 bridgehead atoms. The Bertz CT molecular complexity index is 1190. The Morgan fingerprint density at radius 3 is 2.44 bits per heavy atom. The van der Waals surface area contributed by atoms with Gasteiger partial charge in [0.2, 0.25) is 0 Å². The van der Waals surface area contributed by atoms with E-state index in [1.54, 1.807) is 18.2 Å². The van der Waals surface area contributed by atoms with Gasteiger partial charge in [0, 0.05) is 23.9 Å². The van der Waals surface area contributed by atoms with Gasteiger partial charge in [0.1, 0.15) is 6.17 Å². The van der Waals surface area contributed by atoms with Crippen LogP contribution in [0.5, 0.6) is 0 Å². The lowest BCUT2D eigenvalue weighted by Gasteiger charge is -2.19. The molecule has 2 atom stereocenters. The van der Waals surface area contributed by atoms with Crippen LogP contribution in [0.2, 0.25) is 0 Å². The largest absolute Gasteiger partial charge is 0.481 e. The van der Waals surface area contributed by atoms with Gasteiger partial charge in [-0.3, -0.25) is 19.9 Å². The third kappa shape index (κ3) is 9.71. The van der Waals surface area contributed by atoms with Crippen molar-refractivity contribution in [2.45, 2.75) is 53.2 Å². The van der Waals surface area contributed by atoms with E-state index in [2.05, 4.69) is 43.2 Å². The van der Waals surface area contributed by atoms with Crippen LogP contribution in [-0.2, 0) is 4.79 Å². The molecule has 0 aliphatic heterocycles. The molecule has 0 aliphatic rings. The lowest BCUT2D eigenvalue weighted by atomic mass is 9.97. The van der Waals surface area contributed by atoms with Gasteiger partial charge in [0.15, 0.2) is 0 Å². The summed E-state index contributed by atoms with van der Waals surface area (Å²) in [5.74, 6) is -1.27. The molecule has 0 spiro atoms. The molecular formula is C29H34N4O3. The molecule has 0 unspecified atom stereocenters. The topological polar surface area (TPSA) is 115 Å². The summed E-state index contributed by atoms with van der Waals surface area (Å²) in [4.78, 5) is 27.7. The molecule has 0 aromatic heterocycles. The number of nitrogens with zero attached hydrogens (tertiary/aromatic N) is 2. The van der Waals surface area contributed by atoms with Crippen LogP contribution in [-0.4, -0.2) is 35.4 Å². The summed E-state index contributed by atoms with van der Waals surface area (Å²) < 4.78 is 0. The molecule has 188 valence electrons. The molecule has 0 aliphatic carbocycles. The van der Waals surface area contributed by atoms with Crippen LogP contribution in [0.1, 0.15) is 74.1 Å². The third-order valence-corrected chi connectivity index (χ3v) is 5.23. The lowest BCUT2D eigenvalue weighted by Crippen LogP contribution is -2.29. The first kappa shape index (κ1) is 28.3. The second kappa shape index (κ2) is 13.2. The number of hydrogen-bond acceptors (Lipinski definition) is 5. The Hall–Kier alpha value is -3.98. The molecule has 7 nitrogen and oxygen atoms in total. The molecule has 3 N–H and O–H groups in total. The maximum Gasteiger partial charge on any atom is 0.305 e. The van der Waals surface area contributed by atoms with Crippen LogP contribution < -0.4 is 10.6 Å². The van der Waals surface area contributed by atoms with Gasteiger partial charge in [-0.2, -0.15) is 5.26 Å². The maximum atomic E-state index is 12.2. The number of nitriles is 1. The maximum absolute atomic E-state index is 12.2. The number of carboxylic acid groups (broad SMARTS) is 1. The van der Waals surface area contributed by atoms with Gasteiger partial charge < -0.3 is 10.4 Å². The molecule has 7 heteroatoms. The van der Waals surface area contributed by atoms with Gasteiger partial charge in [-0.15, -0.1) is 5.73 Å². The van der Waals surface area contributed by atoms with Gasteiger partial charge in [0.05, 0.1) is 18.1 Å². The number of aliphatic imine (C=N–C) groups is 1. The van der Waals surface area contributed by atoms with E-state index >= 15 is 0 Å². The normalized spacial score (nSPS) is 13.1. The molecular weight excluding hydrogens is 452 g/mol. The van der Waals surface area contributed by atoms with E-state index in [-0.39, 0.29) is 36.5 Å². The average molecular weight is 487 g/mol. The number of nitrogens with one attached hydrogen (secondary N) is 2. The number of carbonyl (C=O) groups excluding carboxylic acids is 1. The van der Waals surface area contributed by atoms with Crippen LogP contribution in [0.4, 0.5) is 0 Å². The van der Waals surface area contributed by atoms with Crippen molar-refractivity contribution in [2.75, 3.05) is 6.54 Å². The second-order valence-corrected chi connectivity index (χ2v) is 9.61. The minimum Gasteiger partial charge on any atom is -0.481 e. The lowest BCUT2D eigenvalue weighted by molar-refractivity contribution is -0.136. The van der Waals surface area contributed by atoms with Gasteiger partial charge in [-0.25, -0.2) is 0 Å². The van der Waals surface area contributed by atoms with E-state index in [4.69, 9.17) is 10.1 Å². The quantitative estimate of drug-likeness (QED) is 0.323. The summed E-state index contributed by atoms with van der Waals surface area (Å²) in [7, 11) is 0. The molecule has 0 fully saturated rings. The number of amides is 1. The van der Waals surface area contributed by atoms with Crippen molar-refractivity contribution in [3.8, 4) is 6.07 Å². The number of benzene rings is 2. The zero-order valence-corrected chi connectivity index (χ0v) is 21.5. The average Bonchev–Trinajstić information content (AvgIpc) is 2.82. The smallest absolute Gasteiger partial charge is 0.305 e. The zero-order chi connectivity index (χ0) is 26.7. The molecule has 0 saturated carbocycles. The summed E-state index contributed by atoms with van der Waals surface area (Å²) in [5.41, 5.74) is 6.90. The Labute approximate surface area is 213 Å². The Morgan fingerprint density at radius 1 is 1.14 bits per heavy atom. The number of rotatable bonds is 10. The van der Waals surface area contributed by atoms with Crippen LogP contribution in [0.25, 0.3) is 0 Å². The van der Waals surface area contributed by atoms with Crippen molar-refractivity contribution in [1.29, 1.82) is 5.26 Å². The molecule has 36 heavy (non-hydrogen) atoms. The van der Waals surface area contributed by atoms with Crippen LogP contribution in [0.15, 0.2) is 71.4 Å². The SMILES string of the molecule is C/C(=N\[C@H](C=C=CC(C)(C)C)N[C@H](C)c1ccc(C(=O)NCCC(=O)O)cc1)c1cccc(C#N)c1. The highest BCUT2D eigenvalue weighted by Gasteiger charge is 2.13. The van der Waals surface area contributed by atoms with Gasteiger partial charge >= 0.3 is 5.97 Å². The minimum atomic E-state index is -0.956. The van der Waals surface area contributed by atoms with Crippen LogP contribution >= 0.6 is 0 Å². The summed E-state index contributed by atoms with van der Waals surface area (Å²) in [6.45, 7) is 10.3. The van der Waals surface area contributed by atoms with Crippen LogP contribution in [0, 0.1) is 16.7 Å². The van der Waals surface area contributed by atoms with Gasteiger partial charge in [-0.1, -0.05) is 45.0 Å². The predicted octanol–water partition coefficient (Wildman–Crippen LogP) is 5.01. The van der Waals surface area contributed by atoms with Crippen molar-refractivity contribution in [3.63, 3.8) is 0 Å². The summed E-state index contributed by atoms with van der Waals surface area (Å²) in [6, 6.07) is 16.6. The standard InChI is InChI=1S/C29H34N4O3/c1-20(23-11-13-24(14-12-23)28(36)31-17-15-27(34)35)32-26(10-7-16-29(3,4)5)33-21(2)25-9-6-8-22(18-25)19-30/h6,8-14,16,18,20,26,32H,15,17H2,1-5H3,(H,31,36)(H,34,35)/b33-21+/t7?,20-,26-/m1/s1. The molecule has 1 amide bonds. The van der Waals surface area contributed by atoms with Crippen molar-refractivity contribution >= 4 is 17.6 Å². The first-order valence-electron chi connectivity index (χ1n) is 11.8. The van der Waals surface area contributed by atoms with Crippen molar-refractivity contribution in [1.82, 2.24) is 10.6 Å². The fraction of sp³-hybridized carbons (Fsp3) is 0.345. The molecule has 2 aromatic rings.